The molecule has 19 heavy (non-hydrogen) atoms. The number of methoxy groups -OCH3 is 1. The summed E-state index contributed by atoms with van der Waals surface area (Å²) in [7, 11) is 1.24. The minimum absolute atomic E-state index is 0.145. The quantitative estimate of drug-likeness (QED) is 0.829. The van der Waals surface area contributed by atoms with Crippen molar-refractivity contribution in [3.05, 3.63) is 18.4 Å². The molecule has 0 saturated carbocycles. The standard InChI is InChI=1S/C12H18N2O5/c1-12(2,3)19-11(16)14-9(10(15)17-4)5-8-6-13-7-18-8/h6-7,9H,5H2,1-4H3,(H,14,16). The molecule has 0 saturated heterocycles. The van der Waals surface area contributed by atoms with Gasteiger partial charge in [-0.15, -0.1) is 0 Å². The maximum Gasteiger partial charge on any atom is 0.408 e. The molecule has 1 amide bonds. The van der Waals surface area contributed by atoms with E-state index in [0.29, 0.717) is 5.76 Å². The lowest BCUT2D eigenvalue weighted by Crippen LogP contribution is -2.45. The lowest BCUT2D eigenvalue weighted by molar-refractivity contribution is -0.143. The van der Waals surface area contributed by atoms with Crippen molar-refractivity contribution in [2.24, 2.45) is 0 Å². The third kappa shape index (κ3) is 5.41. The van der Waals surface area contributed by atoms with Crippen LogP contribution in [0.15, 0.2) is 17.0 Å². The first kappa shape index (κ1) is 15.0. The maximum atomic E-state index is 11.6. The number of oxazole rings is 1. The van der Waals surface area contributed by atoms with Gasteiger partial charge in [0.05, 0.1) is 13.3 Å². The normalized spacial score (nSPS) is 12.6. The first-order valence-corrected chi connectivity index (χ1v) is 5.76. The number of amides is 1. The van der Waals surface area contributed by atoms with Gasteiger partial charge in [-0.2, -0.15) is 0 Å². The summed E-state index contributed by atoms with van der Waals surface area (Å²) in [6, 6.07) is -0.882. The van der Waals surface area contributed by atoms with Gasteiger partial charge in [0.2, 0.25) is 0 Å². The van der Waals surface area contributed by atoms with Crippen LogP contribution < -0.4 is 5.32 Å². The Morgan fingerprint density at radius 2 is 2.16 bits per heavy atom. The molecule has 1 atom stereocenters. The fourth-order valence-corrected chi connectivity index (χ4v) is 1.33. The van der Waals surface area contributed by atoms with Gasteiger partial charge in [0, 0.05) is 6.42 Å². The molecule has 0 aliphatic carbocycles. The Morgan fingerprint density at radius 3 is 2.63 bits per heavy atom. The number of carbonyl (C=O) groups excluding carboxylic acids is 2. The van der Waals surface area contributed by atoms with Crippen molar-refractivity contribution < 1.29 is 23.5 Å². The van der Waals surface area contributed by atoms with Crippen LogP contribution in [0.2, 0.25) is 0 Å². The van der Waals surface area contributed by atoms with Crippen LogP contribution in [-0.4, -0.2) is 35.8 Å². The third-order valence-corrected chi connectivity index (χ3v) is 2.07. The highest BCUT2D eigenvalue weighted by molar-refractivity contribution is 5.81. The van der Waals surface area contributed by atoms with Crippen molar-refractivity contribution in [2.45, 2.75) is 38.8 Å². The summed E-state index contributed by atoms with van der Waals surface area (Å²) in [4.78, 5) is 27.0. The van der Waals surface area contributed by atoms with Gasteiger partial charge in [0.25, 0.3) is 0 Å². The van der Waals surface area contributed by atoms with E-state index in [0.717, 1.165) is 0 Å². The molecule has 1 unspecified atom stereocenters. The van der Waals surface area contributed by atoms with Gasteiger partial charge < -0.3 is 19.2 Å². The van der Waals surface area contributed by atoms with Gasteiger partial charge in [0.15, 0.2) is 6.39 Å². The Morgan fingerprint density at radius 1 is 1.47 bits per heavy atom. The van der Waals surface area contributed by atoms with Crippen molar-refractivity contribution in [3.8, 4) is 0 Å². The highest BCUT2D eigenvalue weighted by atomic mass is 16.6. The monoisotopic (exact) mass is 270 g/mol. The van der Waals surface area contributed by atoms with E-state index in [4.69, 9.17) is 9.15 Å². The van der Waals surface area contributed by atoms with E-state index in [2.05, 4.69) is 15.0 Å². The van der Waals surface area contributed by atoms with Gasteiger partial charge in [-0.1, -0.05) is 0 Å². The summed E-state index contributed by atoms with van der Waals surface area (Å²) in [6.07, 6.45) is 2.16. The summed E-state index contributed by atoms with van der Waals surface area (Å²) >= 11 is 0. The minimum Gasteiger partial charge on any atom is -0.467 e. The zero-order chi connectivity index (χ0) is 14.5. The van der Waals surface area contributed by atoms with E-state index < -0.39 is 23.7 Å². The topological polar surface area (TPSA) is 90.7 Å². The van der Waals surface area contributed by atoms with Crippen LogP contribution in [0.25, 0.3) is 0 Å². The van der Waals surface area contributed by atoms with Crippen molar-refractivity contribution in [3.63, 3.8) is 0 Å². The summed E-state index contributed by atoms with van der Waals surface area (Å²) in [5.41, 5.74) is -0.642. The predicted molar refractivity (Wildman–Crippen MR) is 65.4 cm³/mol. The Kier molecular flexibility index (Phi) is 4.91. The lowest BCUT2D eigenvalue weighted by Gasteiger charge is -2.22. The Hall–Kier alpha value is -2.05. The van der Waals surface area contributed by atoms with Crippen LogP contribution >= 0.6 is 0 Å². The number of hydrogen-bond acceptors (Lipinski definition) is 6. The molecule has 7 heteroatoms. The number of esters is 1. The average Bonchev–Trinajstić information content (AvgIpc) is 2.77. The van der Waals surface area contributed by atoms with Gasteiger partial charge in [0.1, 0.15) is 17.4 Å². The number of hydrogen-bond donors (Lipinski definition) is 1. The average molecular weight is 270 g/mol. The van der Waals surface area contributed by atoms with Crippen molar-refractivity contribution in [1.82, 2.24) is 10.3 Å². The highest BCUT2D eigenvalue weighted by Crippen LogP contribution is 2.08. The number of alkyl carbamates (subject to hydrolysis) is 1. The first-order chi connectivity index (χ1) is 8.81. The van der Waals surface area contributed by atoms with E-state index in [1.165, 1.54) is 19.7 Å². The molecule has 0 aromatic carbocycles. The van der Waals surface area contributed by atoms with E-state index in [9.17, 15) is 9.59 Å². The number of aromatic nitrogens is 1. The van der Waals surface area contributed by atoms with E-state index in [1.54, 1.807) is 20.8 Å². The van der Waals surface area contributed by atoms with Crippen LogP contribution in [-0.2, 0) is 20.7 Å². The zero-order valence-corrected chi connectivity index (χ0v) is 11.4. The molecule has 0 bridgehead atoms. The number of ether oxygens (including phenoxy) is 2. The van der Waals surface area contributed by atoms with Crippen LogP contribution in [0.1, 0.15) is 26.5 Å². The molecular weight excluding hydrogens is 252 g/mol. The second-order valence-electron chi connectivity index (χ2n) is 4.89. The molecular formula is C12H18N2O5. The molecule has 1 N–H and O–H groups in total. The summed E-state index contributed by atoms with van der Waals surface area (Å²) < 4.78 is 14.7. The number of nitrogens with one attached hydrogen (secondary N) is 1. The summed E-state index contributed by atoms with van der Waals surface area (Å²) in [5.74, 6) is -0.117. The summed E-state index contributed by atoms with van der Waals surface area (Å²) in [6.45, 7) is 5.20. The summed E-state index contributed by atoms with van der Waals surface area (Å²) in [5, 5.41) is 2.44. The molecule has 1 aromatic heterocycles. The lowest BCUT2D eigenvalue weighted by atomic mass is 10.2. The van der Waals surface area contributed by atoms with Crippen molar-refractivity contribution in [2.75, 3.05) is 7.11 Å². The zero-order valence-electron chi connectivity index (χ0n) is 11.4. The van der Waals surface area contributed by atoms with Crippen LogP contribution in [0.4, 0.5) is 4.79 Å². The Bertz CT molecular complexity index is 422. The first-order valence-electron chi connectivity index (χ1n) is 5.76. The molecule has 0 aliphatic rings. The fourth-order valence-electron chi connectivity index (χ4n) is 1.33. The third-order valence-electron chi connectivity index (χ3n) is 2.07. The van der Waals surface area contributed by atoms with Crippen LogP contribution in [0.5, 0.6) is 0 Å². The van der Waals surface area contributed by atoms with Crippen LogP contribution in [0, 0.1) is 0 Å². The second-order valence-corrected chi connectivity index (χ2v) is 4.89. The number of nitrogens with zero attached hydrogens (tertiary/aromatic N) is 1. The van der Waals surface area contributed by atoms with E-state index in [1.807, 2.05) is 0 Å². The molecule has 1 heterocycles. The number of carbonyl (C=O) groups is 2. The van der Waals surface area contributed by atoms with E-state index >= 15 is 0 Å². The van der Waals surface area contributed by atoms with Gasteiger partial charge >= 0.3 is 12.1 Å². The highest BCUT2D eigenvalue weighted by Gasteiger charge is 2.26. The van der Waals surface area contributed by atoms with Crippen molar-refractivity contribution >= 4 is 12.1 Å². The Balaban J connectivity index is 2.65. The van der Waals surface area contributed by atoms with Crippen molar-refractivity contribution in [1.29, 1.82) is 0 Å². The van der Waals surface area contributed by atoms with Crippen LogP contribution in [0.3, 0.4) is 0 Å². The molecule has 106 valence electrons. The van der Waals surface area contributed by atoms with Gasteiger partial charge in [-0.05, 0) is 20.8 Å². The fraction of sp³-hybridized carbons (Fsp3) is 0.583. The molecule has 0 fully saturated rings. The number of rotatable bonds is 4. The molecule has 1 aromatic rings. The molecule has 7 nitrogen and oxygen atoms in total. The molecule has 0 spiro atoms. The molecule has 0 aliphatic heterocycles. The van der Waals surface area contributed by atoms with Gasteiger partial charge in [-0.25, -0.2) is 14.6 Å². The SMILES string of the molecule is COC(=O)C(Cc1cnco1)NC(=O)OC(C)(C)C. The smallest absolute Gasteiger partial charge is 0.408 e. The maximum absolute atomic E-state index is 11.6. The van der Waals surface area contributed by atoms with E-state index in [-0.39, 0.29) is 6.42 Å². The predicted octanol–water partition coefficient (Wildman–Crippen LogP) is 1.28. The van der Waals surface area contributed by atoms with Gasteiger partial charge in [-0.3, -0.25) is 0 Å². The minimum atomic E-state index is -0.882. The Labute approximate surface area is 111 Å². The molecule has 0 radical (unpaired) electrons. The second kappa shape index (κ2) is 6.21. The largest absolute Gasteiger partial charge is 0.467 e. The molecule has 1 rings (SSSR count).